The number of benzene rings is 1. The molecule has 0 bridgehead atoms. The third-order valence-corrected chi connectivity index (χ3v) is 2.58. The SMILES string of the molecule is CCOCCC(NC)c1ccc(C)cc1. The molecule has 1 unspecified atom stereocenters. The fourth-order valence-corrected chi connectivity index (χ4v) is 1.62. The van der Waals surface area contributed by atoms with E-state index in [9.17, 15) is 0 Å². The van der Waals surface area contributed by atoms with Crippen LogP contribution in [0.15, 0.2) is 24.3 Å². The highest BCUT2D eigenvalue weighted by molar-refractivity contribution is 5.23. The van der Waals surface area contributed by atoms with Crippen LogP contribution in [0, 0.1) is 6.92 Å². The standard InChI is InChI=1S/C13H21NO/c1-4-15-10-9-13(14-3)12-7-5-11(2)6-8-12/h5-8,13-14H,4,9-10H2,1-3H3. The van der Waals surface area contributed by atoms with Gasteiger partial charge in [-0.25, -0.2) is 0 Å². The summed E-state index contributed by atoms with van der Waals surface area (Å²) < 4.78 is 5.37. The fourth-order valence-electron chi connectivity index (χ4n) is 1.62. The van der Waals surface area contributed by atoms with Crippen molar-refractivity contribution in [3.63, 3.8) is 0 Å². The average Bonchev–Trinajstić information content (AvgIpc) is 2.26. The van der Waals surface area contributed by atoms with E-state index in [1.165, 1.54) is 11.1 Å². The monoisotopic (exact) mass is 207 g/mol. The van der Waals surface area contributed by atoms with Crippen molar-refractivity contribution in [1.82, 2.24) is 5.32 Å². The molecule has 1 N–H and O–H groups in total. The topological polar surface area (TPSA) is 21.3 Å². The van der Waals surface area contributed by atoms with Crippen LogP contribution in [0.1, 0.15) is 30.5 Å². The molecule has 1 aromatic rings. The van der Waals surface area contributed by atoms with Gasteiger partial charge in [-0.15, -0.1) is 0 Å². The Morgan fingerprint density at radius 3 is 2.47 bits per heavy atom. The smallest absolute Gasteiger partial charge is 0.0484 e. The Morgan fingerprint density at radius 2 is 1.93 bits per heavy atom. The summed E-state index contributed by atoms with van der Waals surface area (Å²) in [5, 5.41) is 3.32. The van der Waals surface area contributed by atoms with Crippen molar-refractivity contribution in [3.8, 4) is 0 Å². The van der Waals surface area contributed by atoms with Gasteiger partial charge in [-0.3, -0.25) is 0 Å². The molecule has 0 fully saturated rings. The summed E-state index contributed by atoms with van der Waals surface area (Å²) >= 11 is 0. The summed E-state index contributed by atoms with van der Waals surface area (Å²) in [5.41, 5.74) is 2.64. The molecule has 0 amide bonds. The number of rotatable bonds is 6. The molecule has 0 spiro atoms. The molecule has 84 valence electrons. The number of ether oxygens (including phenoxy) is 1. The van der Waals surface area contributed by atoms with Crippen LogP contribution in [0.25, 0.3) is 0 Å². The minimum atomic E-state index is 0.400. The summed E-state index contributed by atoms with van der Waals surface area (Å²) in [4.78, 5) is 0. The van der Waals surface area contributed by atoms with Crippen molar-refractivity contribution in [3.05, 3.63) is 35.4 Å². The summed E-state index contributed by atoms with van der Waals surface area (Å²) in [7, 11) is 2.00. The normalized spacial score (nSPS) is 12.7. The van der Waals surface area contributed by atoms with E-state index in [0.29, 0.717) is 6.04 Å². The number of hydrogen-bond donors (Lipinski definition) is 1. The largest absolute Gasteiger partial charge is 0.382 e. The highest BCUT2D eigenvalue weighted by atomic mass is 16.5. The average molecular weight is 207 g/mol. The Labute approximate surface area is 92.6 Å². The fraction of sp³-hybridized carbons (Fsp3) is 0.538. The van der Waals surface area contributed by atoms with E-state index in [2.05, 4.69) is 36.5 Å². The van der Waals surface area contributed by atoms with Gasteiger partial charge in [0.25, 0.3) is 0 Å². The molecule has 1 rings (SSSR count). The van der Waals surface area contributed by atoms with Crippen molar-refractivity contribution in [2.24, 2.45) is 0 Å². The second kappa shape index (κ2) is 6.59. The van der Waals surface area contributed by atoms with Crippen LogP contribution < -0.4 is 5.32 Å². The lowest BCUT2D eigenvalue weighted by atomic mass is 10.0. The molecule has 0 saturated carbocycles. The van der Waals surface area contributed by atoms with Gasteiger partial charge < -0.3 is 10.1 Å². The molecule has 15 heavy (non-hydrogen) atoms. The van der Waals surface area contributed by atoms with E-state index < -0.39 is 0 Å². The molecule has 0 aliphatic carbocycles. The molecule has 2 nitrogen and oxygen atoms in total. The van der Waals surface area contributed by atoms with Gasteiger partial charge in [0.05, 0.1) is 0 Å². The van der Waals surface area contributed by atoms with E-state index >= 15 is 0 Å². The van der Waals surface area contributed by atoms with Crippen LogP contribution in [0.2, 0.25) is 0 Å². The minimum Gasteiger partial charge on any atom is -0.382 e. The molecular weight excluding hydrogens is 186 g/mol. The molecule has 1 atom stereocenters. The second-order valence-electron chi connectivity index (χ2n) is 3.74. The molecule has 0 saturated heterocycles. The third kappa shape index (κ3) is 4.02. The Kier molecular flexibility index (Phi) is 5.37. The number of aryl methyl sites for hydroxylation is 1. The predicted octanol–water partition coefficient (Wildman–Crippen LogP) is 2.68. The zero-order valence-corrected chi connectivity index (χ0v) is 9.92. The van der Waals surface area contributed by atoms with Crippen LogP contribution >= 0.6 is 0 Å². The molecule has 0 aliphatic heterocycles. The lowest BCUT2D eigenvalue weighted by Gasteiger charge is -2.16. The Morgan fingerprint density at radius 1 is 1.27 bits per heavy atom. The van der Waals surface area contributed by atoms with Crippen molar-refractivity contribution >= 4 is 0 Å². The zero-order chi connectivity index (χ0) is 11.1. The van der Waals surface area contributed by atoms with Gasteiger partial charge in [0, 0.05) is 19.3 Å². The lowest BCUT2D eigenvalue weighted by Crippen LogP contribution is -2.18. The Hall–Kier alpha value is -0.860. The Balaban J connectivity index is 2.53. The maximum atomic E-state index is 5.37. The molecule has 0 aliphatic rings. The van der Waals surface area contributed by atoms with Crippen molar-refractivity contribution in [2.45, 2.75) is 26.3 Å². The first kappa shape index (κ1) is 12.2. The molecule has 1 aromatic carbocycles. The second-order valence-corrected chi connectivity index (χ2v) is 3.74. The van der Waals surface area contributed by atoms with Crippen LogP contribution in [0.5, 0.6) is 0 Å². The lowest BCUT2D eigenvalue weighted by molar-refractivity contribution is 0.137. The van der Waals surface area contributed by atoms with Crippen molar-refractivity contribution in [2.75, 3.05) is 20.3 Å². The zero-order valence-electron chi connectivity index (χ0n) is 9.92. The predicted molar refractivity (Wildman–Crippen MR) is 64.1 cm³/mol. The molecule has 0 aromatic heterocycles. The Bertz CT molecular complexity index is 268. The first-order chi connectivity index (χ1) is 7.27. The third-order valence-electron chi connectivity index (χ3n) is 2.58. The first-order valence-electron chi connectivity index (χ1n) is 5.59. The summed E-state index contributed by atoms with van der Waals surface area (Å²) in [6.45, 7) is 5.75. The summed E-state index contributed by atoms with van der Waals surface area (Å²) in [6, 6.07) is 9.07. The summed E-state index contributed by atoms with van der Waals surface area (Å²) in [5.74, 6) is 0. The maximum absolute atomic E-state index is 5.37. The van der Waals surface area contributed by atoms with Gasteiger partial charge in [0.15, 0.2) is 0 Å². The van der Waals surface area contributed by atoms with Crippen LogP contribution in [0.3, 0.4) is 0 Å². The maximum Gasteiger partial charge on any atom is 0.0484 e. The van der Waals surface area contributed by atoms with Gasteiger partial charge in [0.2, 0.25) is 0 Å². The van der Waals surface area contributed by atoms with Crippen molar-refractivity contribution in [1.29, 1.82) is 0 Å². The van der Waals surface area contributed by atoms with E-state index in [1.807, 2.05) is 14.0 Å². The summed E-state index contributed by atoms with van der Waals surface area (Å²) in [6.07, 6.45) is 1.02. The molecule has 0 radical (unpaired) electrons. The highest BCUT2D eigenvalue weighted by Crippen LogP contribution is 2.16. The van der Waals surface area contributed by atoms with E-state index in [0.717, 1.165) is 19.6 Å². The van der Waals surface area contributed by atoms with Gasteiger partial charge in [-0.05, 0) is 32.9 Å². The van der Waals surface area contributed by atoms with Gasteiger partial charge in [0.1, 0.15) is 0 Å². The minimum absolute atomic E-state index is 0.400. The van der Waals surface area contributed by atoms with Gasteiger partial charge in [-0.1, -0.05) is 29.8 Å². The van der Waals surface area contributed by atoms with Gasteiger partial charge >= 0.3 is 0 Å². The first-order valence-corrected chi connectivity index (χ1v) is 5.59. The molecular formula is C13H21NO. The number of nitrogens with one attached hydrogen (secondary N) is 1. The molecule has 0 heterocycles. The van der Waals surface area contributed by atoms with Crippen LogP contribution in [-0.2, 0) is 4.74 Å². The van der Waals surface area contributed by atoms with Crippen LogP contribution in [-0.4, -0.2) is 20.3 Å². The number of hydrogen-bond acceptors (Lipinski definition) is 2. The molecule has 2 heteroatoms. The van der Waals surface area contributed by atoms with E-state index in [-0.39, 0.29) is 0 Å². The van der Waals surface area contributed by atoms with Crippen molar-refractivity contribution < 1.29 is 4.74 Å². The van der Waals surface area contributed by atoms with E-state index in [4.69, 9.17) is 4.74 Å². The quantitative estimate of drug-likeness (QED) is 0.724. The van der Waals surface area contributed by atoms with Crippen LogP contribution in [0.4, 0.5) is 0 Å². The highest BCUT2D eigenvalue weighted by Gasteiger charge is 2.07. The van der Waals surface area contributed by atoms with Gasteiger partial charge in [-0.2, -0.15) is 0 Å². The van der Waals surface area contributed by atoms with E-state index in [1.54, 1.807) is 0 Å².